The number of nitrogens with one attached hydrogen (secondary N) is 1. The zero-order valence-corrected chi connectivity index (χ0v) is 22.9. The predicted octanol–water partition coefficient (Wildman–Crippen LogP) is 6.38. The third-order valence-electron chi connectivity index (χ3n) is 8.10. The molecule has 0 radical (unpaired) electrons. The number of hydrogen-bond acceptors (Lipinski definition) is 7. The van der Waals surface area contributed by atoms with E-state index in [1.807, 2.05) is 48.7 Å². The average Bonchev–Trinajstić information content (AvgIpc) is 3.53. The quantitative estimate of drug-likeness (QED) is 0.303. The van der Waals surface area contributed by atoms with Gasteiger partial charge in [-0.25, -0.2) is 4.99 Å². The molecule has 0 unspecified atom stereocenters. The molecule has 1 amide bonds. The SMILES string of the molecule is C.Cc1ccncc1-c1ccc(C[C@H](CC(=O)C2CCC(CN)CC2)C(=O)Nc2ccc(C3=NCN=N3)cc2)cc1. The lowest BCUT2D eigenvalue weighted by atomic mass is 9.77. The molecule has 8 nitrogen and oxygen atoms in total. The molecule has 2 heterocycles. The van der Waals surface area contributed by atoms with Gasteiger partial charge in [0.1, 0.15) is 5.78 Å². The Labute approximate surface area is 242 Å². The third-order valence-corrected chi connectivity index (χ3v) is 8.10. The van der Waals surface area contributed by atoms with Crippen molar-refractivity contribution in [3.63, 3.8) is 0 Å². The number of rotatable bonds is 10. The van der Waals surface area contributed by atoms with Gasteiger partial charge in [-0.1, -0.05) is 31.7 Å². The normalized spacial score (nSPS) is 18.7. The molecule has 0 bridgehead atoms. The summed E-state index contributed by atoms with van der Waals surface area (Å²) in [5, 5.41) is 11.0. The molecule has 1 atom stereocenters. The maximum absolute atomic E-state index is 13.6. The number of ketones is 1. The van der Waals surface area contributed by atoms with Gasteiger partial charge in [0.2, 0.25) is 5.91 Å². The van der Waals surface area contributed by atoms with Crippen molar-refractivity contribution in [2.75, 3.05) is 18.5 Å². The van der Waals surface area contributed by atoms with Crippen molar-refractivity contribution < 1.29 is 9.59 Å². The van der Waals surface area contributed by atoms with Gasteiger partial charge in [0, 0.05) is 47.5 Å². The molecule has 1 aliphatic heterocycles. The van der Waals surface area contributed by atoms with Crippen LogP contribution in [0.15, 0.2) is 82.2 Å². The van der Waals surface area contributed by atoms with E-state index in [4.69, 9.17) is 5.73 Å². The molecule has 1 aromatic heterocycles. The van der Waals surface area contributed by atoms with Gasteiger partial charge in [-0.3, -0.25) is 14.6 Å². The van der Waals surface area contributed by atoms with E-state index in [2.05, 4.69) is 44.6 Å². The van der Waals surface area contributed by atoms with Crippen molar-refractivity contribution in [1.29, 1.82) is 0 Å². The van der Waals surface area contributed by atoms with Crippen LogP contribution in [0.3, 0.4) is 0 Å². The maximum atomic E-state index is 13.6. The first-order valence-corrected chi connectivity index (χ1v) is 14.1. The Morgan fingerprint density at radius 3 is 2.32 bits per heavy atom. The fraction of sp³-hybridized carbons (Fsp3) is 0.394. The van der Waals surface area contributed by atoms with E-state index >= 15 is 0 Å². The van der Waals surface area contributed by atoms with Crippen LogP contribution in [0.25, 0.3) is 11.1 Å². The molecular weight excluding hydrogens is 512 g/mol. The number of nitrogens with two attached hydrogens (primary N) is 1. The first kappa shape index (κ1) is 29.9. The largest absolute Gasteiger partial charge is 0.330 e. The summed E-state index contributed by atoms with van der Waals surface area (Å²) < 4.78 is 0. The van der Waals surface area contributed by atoms with Gasteiger partial charge in [0.05, 0.1) is 0 Å². The number of amides is 1. The molecule has 5 rings (SSSR count). The topological polar surface area (TPSA) is 122 Å². The van der Waals surface area contributed by atoms with Crippen molar-refractivity contribution in [2.24, 2.45) is 38.7 Å². The molecule has 1 saturated carbocycles. The van der Waals surface area contributed by atoms with Crippen molar-refractivity contribution >= 4 is 23.2 Å². The number of Topliss-reactive ketones (excluding diaryl/α,β-unsaturated/α-hetero) is 1. The Bertz CT molecular complexity index is 1390. The van der Waals surface area contributed by atoms with Crippen LogP contribution in [0.2, 0.25) is 0 Å². The van der Waals surface area contributed by atoms with E-state index in [0.717, 1.165) is 53.5 Å². The van der Waals surface area contributed by atoms with Gasteiger partial charge < -0.3 is 11.1 Å². The van der Waals surface area contributed by atoms with Crippen LogP contribution in [0, 0.1) is 24.7 Å². The molecule has 0 saturated heterocycles. The number of azo groups is 1. The lowest BCUT2D eigenvalue weighted by Gasteiger charge is -2.27. The van der Waals surface area contributed by atoms with Gasteiger partial charge in [-0.15, -0.1) is 5.11 Å². The second-order valence-electron chi connectivity index (χ2n) is 10.8. The Kier molecular flexibility index (Phi) is 10.2. The van der Waals surface area contributed by atoms with Crippen LogP contribution in [0.4, 0.5) is 5.69 Å². The minimum Gasteiger partial charge on any atom is -0.330 e. The lowest BCUT2D eigenvalue weighted by Crippen LogP contribution is -2.31. The van der Waals surface area contributed by atoms with E-state index in [0.29, 0.717) is 37.1 Å². The summed E-state index contributed by atoms with van der Waals surface area (Å²) in [5.74, 6) is 0.661. The highest BCUT2D eigenvalue weighted by molar-refractivity contribution is 6.01. The van der Waals surface area contributed by atoms with Crippen LogP contribution in [0.5, 0.6) is 0 Å². The summed E-state index contributed by atoms with van der Waals surface area (Å²) in [4.78, 5) is 35.4. The van der Waals surface area contributed by atoms with E-state index < -0.39 is 5.92 Å². The Morgan fingerprint density at radius 2 is 1.68 bits per heavy atom. The molecule has 2 aromatic carbocycles. The number of nitrogens with zero attached hydrogens (tertiary/aromatic N) is 4. The Balaban J connectivity index is 0.00000387. The molecule has 3 N–H and O–H groups in total. The number of carbonyl (C=O) groups excluding carboxylic acids is 2. The number of aryl methyl sites for hydroxylation is 1. The van der Waals surface area contributed by atoms with E-state index in [1.165, 1.54) is 0 Å². The number of amidine groups is 1. The van der Waals surface area contributed by atoms with Crippen LogP contribution in [0.1, 0.15) is 56.2 Å². The minimum atomic E-state index is -0.474. The van der Waals surface area contributed by atoms with Gasteiger partial charge in [0.15, 0.2) is 12.5 Å². The molecule has 1 aliphatic carbocycles. The number of anilines is 1. The Morgan fingerprint density at radius 1 is 0.976 bits per heavy atom. The molecule has 8 heteroatoms. The van der Waals surface area contributed by atoms with Gasteiger partial charge in [-0.05, 0) is 98.5 Å². The second kappa shape index (κ2) is 14.0. The summed E-state index contributed by atoms with van der Waals surface area (Å²) in [6, 6.07) is 17.6. The highest BCUT2D eigenvalue weighted by Crippen LogP contribution is 2.31. The standard InChI is InChI=1S/C32H36N6O2.CH4/c1-21-14-15-34-19-29(21)24-6-2-22(3-7-24)16-27(17-30(39)25-8-4-23(18-33)5-9-25)32(40)37-28-12-10-26(11-13-28)31-35-20-36-38-31;/h2-3,6-7,10-15,19,23,25,27H,4-5,8-9,16-18,20,33H2,1H3,(H,37,40);1H4/t23?,25?,27-;/m1./s1. The zero-order chi connectivity index (χ0) is 27.9. The van der Waals surface area contributed by atoms with E-state index in [-0.39, 0.29) is 31.5 Å². The summed E-state index contributed by atoms with van der Waals surface area (Å²) in [6.07, 6.45) is 8.05. The van der Waals surface area contributed by atoms with Crippen molar-refractivity contribution in [3.8, 4) is 11.1 Å². The van der Waals surface area contributed by atoms with Gasteiger partial charge in [-0.2, -0.15) is 5.11 Å². The predicted molar refractivity (Wildman–Crippen MR) is 164 cm³/mol. The van der Waals surface area contributed by atoms with Crippen LogP contribution in [-0.4, -0.2) is 35.7 Å². The number of hydrogen-bond donors (Lipinski definition) is 2. The van der Waals surface area contributed by atoms with E-state index in [1.54, 1.807) is 6.20 Å². The first-order chi connectivity index (χ1) is 19.5. The second-order valence-corrected chi connectivity index (χ2v) is 10.8. The summed E-state index contributed by atoms with van der Waals surface area (Å²) in [5.41, 5.74) is 11.7. The molecule has 1 fully saturated rings. The fourth-order valence-electron chi connectivity index (χ4n) is 5.58. The molecular formula is C33H40N6O2. The average molecular weight is 553 g/mol. The van der Waals surface area contributed by atoms with Crippen molar-refractivity contribution in [3.05, 3.63) is 83.7 Å². The third kappa shape index (κ3) is 7.58. The van der Waals surface area contributed by atoms with Gasteiger partial charge in [0.25, 0.3) is 0 Å². The van der Waals surface area contributed by atoms with Gasteiger partial charge >= 0.3 is 0 Å². The summed E-state index contributed by atoms with van der Waals surface area (Å²) in [7, 11) is 0. The van der Waals surface area contributed by atoms with Crippen LogP contribution < -0.4 is 11.1 Å². The van der Waals surface area contributed by atoms with E-state index in [9.17, 15) is 9.59 Å². The van der Waals surface area contributed by atoms with Crippen LogP contribution in [-0.2, 0) is 16.0 Å². The number of carbonyl (C=O) groups is 2. The summed E-state index contributed by atoms with van der Waals surface area (Å²) in [6.45, 7) is 3.09. The van der Waals surface area contributed by atoms with Crippen molar-refractivity contribution in [1.82, 2.24) is 4.98 Å². The number of pyridine rings is 1. The smallest absolute Gasteiger partial charge is 0.228 e. The number of benzene rings is 2. The fourth-order valence-corrected chi connectivity index (χ4v) is 5.58. The number of aliphatic imine (C=N–C) groups is 1. The molecule has 3 aromatic rings. The monoisotopic (exact) mass is 552 g/mol. The highest BCUT2D eigenvalue weighted by atomic mass is 16.2. The molecule has 0 spiro atoms. The zero-order valence-electron chi connectivity index (χ0n) is 22.9. The minimum absolute atomic E-state index is 0. The van der Waals surface area contributed by atoms with Crippen molar-refractivity contribution in [2.45, 2.75) is 52.9 Å². The maximum Gasteiger partial charge on any atom is 0.228 e. The first-order valence-electron chi connectivity index (χ1n) is 14.1. The Hall–Kier alpha value is -4.04. The molecule has 214 valence electrons. The number of aromatic nitrogens is 1. The molecule has 2 aliphatic rings. The van der Waals surface area contributed by atoms with Crippen LogP contribution >= 0.6 is 0 Å². The lowest BCUT2D eigenvalue weighted by molar-refractivity contribution is -0.129. The summed E-state index contributed by atoms with van der Waals surface area (Å²) >= 11 is 0. The molecule has 41 heavy (non-hydrogen) atoms. The highest BCUT2D eigenvalue weighted by Gasteiger charge is 2.30.